The molecular formula is C16H17N3O2. The number of imidazole rings is 1. The topological polar surface area (TPSA) is 75.2 Å². The number of hydrogen-bond acceptors (Lipinski definition) is 4. The van der Waals surface area contributed by atoms with Crippen molar-refractivity contribution in [2.75, 3.05) is 0 Å². The number of Topliss-reactive ketones (excluding diaryl/α,β-unsaturated/α-hetero) is 2. The van der Waals surface area contributed by atoms with Crippen LogP contribution in [0, 0.1) is 5.92 Å². The van der Waals surface area contributed by atoms with Gasteiger partial charge in [-0.05, 0) is 31.9 Å². The molecule has 1 aliphatic carbocycles. The van der Waals surface area contributed by atoms with Crippen molar-refractivity contribution in [2.24, 2.45) is 10.9 Å². The molecular weight excluding hydrogens is 266 g/mol. The molecule has 1 N–H and O–H groups in total. The van der Waals surface area contributed by atoms with Crippen LogP contribution < -0.4 is 0 Å². The van der Waals surface area contributed by atoms with Crippen LogP contribution in [0.5, 0.6) is 0 Å². The quantitative estimate of drug-likeness (QED) is 0.879. The van der Waals surface area contributed by atoms with Gasteiger partial charge in [-0.1, -0.05) is 12.1 Å². The molecule has 1 atom stereocenters. The second-order valence-corrected chi connectivity index (χ2v) is 5.37. The third-order valence-electron chi connectivity index (χ3n) is 3.79. The summed E-state index contributed by atoms with van der Waals surface area (Å²) in [5.74, 6) is 0.00677. The number of aliphatic imine (C=N–C) groups is 1. The molecule has 1 heterocycles. The van der Waals surface area contributed by atoms with Crippen molar-refractivity contribution < 1.29 is 9.59 Å². The zero-order valence-corrected chi connectivity index (χ0v) is 11.9. The molecule has 0 aliphatic heterocycles. The molecule has 0 saturated heterocycles. The van der Waals surface area contributed by atoms with Gasteiger partial charge in [-0.3, -0.25) is 14.6 Å². The van der Waals surface area contributed by atoms with Crippen molar-refractivity contribution in [3.05, 3.63) is 30.1 Å². The zero-order valence-electron chi connectivity index (χ0n) is 11.9. The maximum atomic E-state index is 11.9. The molecule has 1 fully saturated rings. The number of hydrogen-bond donors (Lipinski definition) is 1. The van der Waals surface area contributed by atoms with Gasteiger partial charge in [0, 0.05) is 12.1 Å². The van der Waals surface area contributed by atoms with Gasteiger partial charge >= 0.3 is 0 Å². The molecule has 1 aromatic carbocycles. The summed E-state index contributed by atoms with van der Waals surface area (Å²) in [6.07, 6.45) is 1.98. The highest BCUT2D eigenvalue weighted by molar-refractivity contribution is 6.21. The van der Waals surface area contributed by atoms with Gasteiger partial charge in [-0.25, -0.2) is 4.98 Å². The van der Waals surface area contributed by atoms with E-state index in [4.69, 9.17) is 0 Å². The summed E-state index contributed by atoms with van der Waals surface area (Å²) in [6.45, 7) is 1.84. The maximum Gasteiger partial charge on any atom is 0.148 e. The first-order valence-electron chi connectivity index (χ1n) is 7.15. The van der Waals surface area contributed by atoms with Crippen LogP contribution in [0.15, 0.2) is 29.3 Å². The van der Waals surface area contributed by atoms with Crippen LogP contribution in [0.3, 0.4) is 0 Å². The number of para-hydroxylation sites is 2. The second kappa shape index (κ2) is 5.60. The van der Waals surface area contributed by atoms with Gasteiger partial charge in [-0.2, -0.15) is 0 Å². The first-order valence-corrected chi connectivity index (χ1v) is 7.15. The molecule has 108 valence electrons. The molecule has 0 spiro atoms. The van der Waals surface area contributed by atoms with Crippen LogP contribution in [0.25, 0.3) is 11.0 Å². The Morgan fingerprint density at radius 3 is 2.95 bits per heavy atom. The number of aromatic amines is 1. The van der Waals surface area contributed by atoms with Gasteiger partial charge in [-0.15, -0.1) is 0 Å². The molecule has 2 aromatic rings. The molecule has 1 aromatic heterocycles. The zero-order chi connectivity index (χ0) is 14.8. The molecule has 0 unspecified atom stereocenters. The fourth-order valence-corrected chi connectivity index (χ4v) is 2.81. The van der Waals surface area contributed by atoms with Gasteiger partial charge in [0.2, 0.25) is 0 Å². The largest absolute Gasteiger partial charge is 0.340 e. The number of ketones is 2. The van der Waals surface area contributed by atoms with Crippen LogP contribution in [0.2, 0.25) is 0 Å². The van der Waals surface area contributed by atoms with E-state index in [0.717, 1.165) is 29.7 Å². The molecule has 0 amide bonds. The SMILES string of the molecule is CC(=O)[C@@H]1C(=O)CCCC1=NCc1nc2ccccc2[nH]1. The standard InChI is InChI=1S/C16H17N3O2/c1-10(20)16-13(7-4-8-14(16)21)17-9-15-18-11-5-2-3-6-12(11)19-15/h2-3,5-6,16H,4,7-9H2,1H3,(H,18,19)/t16-/m0/s1. The lowest BCUT2D eigenvalue weighted by Crippen LogP contribution is -2.34. The number of H-pyrrole nitrogens is 1. The Hall–Kier alpha value is -2.30. The molecule has 5 nitrogen and oxygen atoms in total. The van der Waals surface area contributed by atoms with Gasteiger partial charge in [0.25, 0.3) is 0 Å². The summed E-state index contributed by atoms with van der Waals surface area (Å²) in [5, 5.41) is 0. The lowest BCUT2D eigenvalue weighted by atomic mass is 9.83. The van der Waals surface area contributed by atoms with E-state index in [9.17, 15) is 9.59 Å². The molecule has 1 saturated carbocycles. The van der Waals surface area contributed by atoms with Crippen LogP contribution in [0.4, 0.5) is 0 Å². The Bertz CT molecular complexity index is 697. The minimum Gasteiger partial charge on any atom is -0.340 e. The molecule has 5 heteroatoms. The van der Waals surface area contributed by atoms with Gasteiger partial charge < -0.3 is 4.98 Å². The van der Waals surface area contributed by atoms with E-state index >= 15 is 0 Å². The van der Waals surface area contributed by atoms with Gasteiger partial charge in [0.1, 0.15) is 23.3 Å². The number of benzene rings is 1. The summed E-state index contributed by atoms with van der Waals surface area (Å²) < 4.78 is 0. The minimum atomic E-state index is -0.636. The molecule has 21 heavy (non-hydrogen) atoms. The van der Waals surface area contributed by atoms with Crippen molar-refractivity contribution in [3.63, 3.8) is 0 Å². The Balaban J connectivity index is 1.83. The average Bonchev–Trinajstić information content (AvgIpc) is 2.87. The number of carbonyl (C=O) groups is 2. The fourth-order valence-electron chi connectivity index (χ4n) is 2.81. The lowest BCUT2D eigenvalue weighted by Gasteiger charge is -2.20. The Morgan fingerprint density at radius 2 is 2.19 bits per heavy atom. The molecule has 3 rings (SSSR count). The van der Waals surface area contributed by atoms with E-state index in [0.29, 0.717) is 18.7 Å². The van der Waals surface area contributed by atoms with Gasteiger partial charge in [0.15, 0.2) is 0 Å². The Kier molecular flexibility index (Phi) is 3.64. The third kappa shape index (κ3) is 2.77. The predicted octanol–water partition coefficient (Wildman–Crippen LogP) is 2.46. The summed E-state index contributed by atoms with van der Waals surface area (Å²) in [5.41, 5.74) is 2.57. The second-order valence-electron chi connectivity index (χ2n) is 5.37. The monoisotopic (exact) mass is 283 g/mol. The van der Waals surface area contributed by atoms with E-state index in [1.807, 2.05) is 24.3 Å². The fraction of sp³-hybridized carbons (Fsp3) is 0.375. The van der Waals surface area contributed by atoms with E-state index in [2.05, 4.69) is 15.0 Å². The summed E-state index contributed by atoms with van der Waals surface area (Å²) in [4.78, 5) is 35.7. The van der Waals surface area contributed by atoms with Crippen molar-refractivity contribution in [3.8, 4) is 0 Å². The number of rotatable bonds is 3. The highest BCUT2D eigenvalue weighted by atomic mass is 16.1. The van der Waals surface area contributed by atoms with E-state index in [-0.39, 0.29) is 11.6 Å². The van der Waals surface area contributed by atoms with Crippen LogP contribution in [-0.2, 0) is 16.1 Å². The minimum absolute atomic E-state index is 0.00268. The summed E-state index contributed by atoms with van der Waals surface area (Å²) >= 11 is 0. The number of nitrogens with one attached hydrogen (secondary N) is 1. The lowest BCUT2D eigenvalue weighted by molar-refractivity contribution is -0.129. The first kappa shape index (κ1) is 13.7. The number of aromatic nitrogens is 2. The van der Waals surface area contributed by atoms with E-state index in [1.54, 1.807) is 0 Å². The maximum absolute atomic E-state index is 11.9. The first-order chi connectivity index (χ1) is 10.1. The molecule has 0 bridgehead atoms. The van der Waals surface area contributed by atoms with Crippen molar-refractivity contribution >= 4 is 28.3 Å². The van der Waals surface area contributed by atoms with Crippen LogP contribution >= 0.6 is 0 Å². The van der Waals surface area contributed by atoms with E-state index in [1.165, 1.54) is 6.92 Å². The highest BCUT2D eigenvalue weighted by Crippen LogP contribution is 2.20. The molecule has 0 radical (unpaired) electrons. The average molecular weight is 283 g/mol. The highest BCUT2D eigenvalue weighted by Gasteiger charge is 2.31. The van der Waals surface area contributed by atoms with Gasteiger partial charge in [0.05, 0.1) is 17.6 Å². The van der Waals surface area contributed by atoms with Crippen LogP contribution in [-0.4, -0.2) is 27.2 Å². The van der Waals surface area contributed by atoms with Crippen LogP contribution in [0.1, 0.15) is 32.0 Å². The third-order valence-corrected chi connectivity index (χ3v) is 3.79. The number of carbonyl (C=O) groups excluding carboxylic acids is 2. The van der Waals surface area contributed by atoms with Crippen molar-refractivity contribution in [1.82, 2.24) is 9.97 Å². The number of nitrogens with zero attached hydrogens (tertiary/aromatic N) is 2. The summed E-state index contributed by atoms with van der Waals surface area (Å²) in [6, 6.07) is 7.78. The smallest absolute Gasteiger partial charge is 0.148 e. The van der Waals surface area contributed by atoms with Crippen molar-refractivity contribution in [2.45, 2.75) is 32.7 Å². The van der Waals surface area contributed by atoms with Crippen molar-refractivity contribution in [1.29, 1.82) is 0 Å². The van der Waals surface area contributed by atoms with E-state index < -0.39 is 5.92 Å². The predicted molar refractivity (Wildman–Crippen MR) is 80.3 cm³/mol. The summed E-state index contributed by atoms with van der Waals surface area (Å²) in [7, 11) is 0. The Labute approximate surface area is 122 Å². The normalized spacial score (nSPS) is 21.1. The Morgan fingerprint density at radius 1 is 1.38 bits per heavy atom. The number of fused-ring (bicyclic) bond motifs is 1. The molecule has 1 aliphatic rings.